The first-order chi connectivity index (χ1) is 31.1. The molecule has 9 aromatic carbocycles. The number of hydrogen-bond acceptors (Lipinski definition) is 2. The Hall–Kier alpha value is -7.94. The third-order valence-corrected chi connectivity index (χ3v) is 11.5. The SMILES string of the molecule is C/C=C\C(=C/CC)c1ccc(N(c2ccc(-c3ccccc3)cc2)c2ccc(-c3ccc(N(c4ccccc4)c4ccc(-c5ccc(-c6ccccc6)cc5)cc4)cc3)cc2)cc1. The Kier molecular flexibility index (Phi) is 12.3. The van der Waals surface area contributed by atoms with Crippen molar-refractivity contribution >= 4 is 39.7 Å². The Morgan fingerprint density at radius 2 is 0.571 bits per heavy atom. The van der Waals surface area contributed by atoms with E-state index in [-0.39, 0.29) is 0 Å². The van der Waals surface area contributed by atoms with E-state index in [1.165, 1.54) is 44.5 Å². The lowest BCUT2D eigenvalue weighted by molar-refractivity contribution is 1.23. The number of anilines is 6. The van der Waals surface area contributed by atoms with Crippen LogP contribution in [0.15, 0.2) is 255 Å². The van der Waals surface area contributed by atoms with Crippen molar-refractivity contribution in [2.75, 3.05) is 9.80 Å². The highest BCUT2D eigenvalue weighted by Gasteiger charge is 2.16. The first-order valence-corrected chi connectivity index (χ1v) is 21.9. The van der Waals surface area contributed by atoms with Crippen molar-refractivity contribution in [1.82, 2.24) is 0 Å². The highest BCUT2D eigenvalue weighted by atomic mass is 15.1. The van der Waals surface area contributed by atoms with E-state index in [0.29, 0.717) is 0 Å². The first-order valence-electron chi connectivity index (χ1n) is 21.9. The van der Waals surface area contributed by atoms with E-state index >= 15 is 0 Å². The molecule has 0 spiro atoms. The summed E-state index contributed by atoms with van der Waals surface area (Å²) in [5.41, 5.74) is 18.6. The zero-order chi connectivity index (χ0) is 42.8. The van der Waals surface area contributed by atoms with Crippen molar-refractivity contribution < 1.29 is 0 Å². The molecule has 0 radical (unpaired) electrons. The van der Waals surface area contributed by atoms with Crippen LogP contribution in [0.4, 0.5) is 34.1 Å². The third-order valence-electron chi connectivity index (χ3n) is 11.5. The van der Waals surface area contributed by atoms with Gasteiger partial charge in [0.25, 0.3) is 0 Å². The molecule has 0 amide bonds. The summed E-state index contributed by atoms with van der Waals surface area (Å²) in [7, 11) is 0. The van der Waals surface area contributed by atoms with Crippen LogP contribution in [-0.4, -0.2) is 0 Å². The van der Waals surface area contributed by atoms with Crippen LogP contribution in [0, 0.1) is 0 Å². The average molecular weight is 811 g/mol. The number of benzene rings is 9. The molecule has 0 fully saturated rings. The van der Waals surface area contributed by atoms with E-state index in [9.17, 15) is 0 Å². The summed E-state index contributed by atoms with van der Waals surface area (Å²) in [5, 5.41) is 0. The topological polar surface area (TPSA) is 6.48 Å². The molecule has 0 unspecified atom stereocenters. The summed E-state index contributed by atoms with van der Waals surface area (Å²) in [4.78, 5) is 4.66. The second-order valence-electron chi connectivity index (χ2n) is 15.6. The largest absolute Gasteiger partial charge is 0.311 e. The fourth-order valence-corrected chi connectivity index (χ4v) is 8.28. The zero-order valence-electron chi connectivity index (χ0n) is 35.9. The number of allylic oxidation sites excluding steroid dienone is 4. The minimum absolute atomic E-state index is 0.988. The van der Waals surface area contributed by atoms with Gasteiger partial charge in [-0.1, -0.05) is 189 Å². The van der Waals surface area contributed by atoms with E-state index < -0.39 is 0 Å². The monoisotopic (exact) mass is 810 g/mol. The lowest BCUT2D eigenvalue weighted by Crippen LogP contribution is -2.10. The Bertz CT molecular complexity index is 2900. The number of hydrogen-bond donors (Lipinski definition) is 0. The highest BCUT2D eigenvalue weighted by molar-refractivity contribution is 5.83. The van der Waals surface area contributed by atoms with Crippen LogP contribution in [0.2, 0.25) is 0 Å². The standard InChI is InChI=1S/C61H50N2/c1-3-14-46(15-4-2)51-26-36-59(37-27-51)63(60-38-28-52(29-39-60)48-18-10-6-11-19-48)61-44-34-55(35-45-61)54-32-42-58(43-33-54)62(56-20-12-7-13-21-56)57-40-30-53(31-41-57)50-24-22-49(23-25-50)47-16-8-5-9-17-47/h3,5-45H,4H2,1-2H3/b14-3-,46-15+. The molecule has 0 bridgehead atoms. The minimum Gasteiger partial charge on any atom is -0.311 e. The average Bonchev–Trinajstić information content (AvgIpc) is 3.36. The van der Waals surface area contributed by atoms with Crippen molar-refractivity contribution in [2.24, 2.45) is 0 Å². The molecule has 0 aliphatic carbocycles. The second kappa shape index (κ2) is 19.2. The molecule has 63 heavy (non-hydrogen) atoms. The summed E-state index contributed by atoms with van der Waals surface area (Å²) in [6.45, 7) is 4.26. The van der Waals surface area contributed by atoms with Gasteiger partial charge in [-0.05, 0) is 142 Å². The minimum atomic E-state index is 0.988. The van der Waals surface area contributed by atoms with Crippen LogP contribution in [-0.2, 0) is 0 Å². The summed E-state index contributed by atoms with van der Waals surface area (Å²) in [6, 6.07) is 85.1. The van der Waals surface area contributed by atoms with Crippen LogP contribution in [0.25, 0.3) is 50.1 Å². The maximum absolute atomic E-state index is 2.34. The van der Waals surface area contributed by atoms with Gasteiger partial charge in [0.15, 0.2) is 0 Å². The van der Waals surface area contributed by atoms with Crippen LogP contribution >= 0.6 is 0 Å². The maximum atomic E-state index is 2.34. The van der Waals surface area contributed by atoms with Gasteiger partial charge in [0.1, 0.15) is 0 Å². The molecule has 0 aromatic heterocycles. The van der Waals surface area contributed by atoms with E-state index in [4.69, 9.17) is 0 Å². The molecule has 0 heterocycles. The van der Waals surface area contributed by atoms with Crippen LogP contribution in [0.1, 0.15) is 25.8 Å². The molecule has 9 rings (SSSR count). The Morgan fingerprint density at radius 1 is 0.317 bits per heavy atom. The van der Waals surface area contributed by atoms with E-state index in [1.54, 1.807) is 0 Å². The van der Waals surface area contributed by atoms with Crippen molar-refractivity contribution in [2.45, 2.75) is 20.3 Å². The molecule has 0 aliphatic rings. The summed E-state index contributed by atoms with van der Waals surface area (Å²) >= 11 is 0. The van der Waals surface area contributed by atoms with Crippen LogP contribution in [0.5, 0.6) is 0 Å². The molecule has 2 nitrogen and oxygen atoms in total. The van der Waals surface area contributed by atoms with Gasteiger partial charge < -0.3 is 9.80 Å². The van der Waals surface area contributed by atoms with Gasteiger partial charge >= 0.3 is 0 Å². The lowest BCUT2D eigenvalue weighted by atomic mass is 10.00. The molecule has 0 N–H and O–H groups in total. The molecule has 2 heteroatoms. The van der Waals surface area contributed by atoms with Gasteiger partial charge in [-0.2, -0.15) is 0 Å². The van der Waals surface area contributed by atoms with Crippen molar-refractivity contribution in [1.29, 1.82) is 0 Å². The molecule has 0 aliphatic heterocycles. The quantitative estimate of drug-likeness (QED) is 0.107. The molecule has 0 saturated carbocycles. The molecular formula is C61H50N2. The summed E-state index contributed by atoms with van der Waals surface area (Å²) in [5.74, 6) is 0. The fraction of sp³-hybridized carbons (Fsp3) is 0.0492. The molecular weight excluding hydrogens is 761 g/mol. The summed E-state index contributed by atoms with van der Waals surface area (Å²) < 4.78 is 0. The summed E-state index contributed by atoms with van der Waals surface area (Å²) in [6.07, 6.45) is 7.56. The van der Waals surface area contributed by atoms with Gasteiger partial charge in [-0.3, -0.25) is 0 Å². The second-order valence-corrected chi connectivity index (χ2v) is 15.6. The predicted octanol–water partition coefficient (Wildman–Crippen LogP) is 17.7. The number of para-hydroxylation sites is 1. The van der Waals surface area contributed by atoms with Crippen LogP contribution in [0.3, 0.4) is 0 Å². The van der Waals surface area contributed by atoms with Gasteiger partial charge in [0.2, 0.25) is 0 Å². The van der Waals surface area contributed by atoms with E-state index in [0.717, 1.165) is 51.7 Å². The van der Waals surface area contributed by atoms with E-state index in [2.05, 4.69) is 278 Å². The third kappa shape index (κ3) is 9.22. The van der Waals surface area contributed by atoms with Gasteiger partial charge in [0.05, 0.1) is 0 Å². The van der Waals surface area contributed by atoms with E-state index in [1.807, 2.05) is 0 Å². The fourth-order valence-electron chi connectivity index (χ4n) is 8.28. The molecule has 304 valence electrons. The normalized spacial score (nSPS) is 11.4. The lowest BCUT2D eigenvalue weighted by Gasteiger charge is -2.26. The van der Waals surface area contributed by atoms with Crippen molar-refractivity contribution in [3.8, 4) is 44.5 Å². The van der Waals surface area contributed by atoms with Gasteiger partial charge in [-0.25, -0.2) is 0 Å². The van der Waals surface area contributed by atoms with Gasteiger partial charge in [-0.15, -0.1) is 0 Å². The smallest absolute Gasteiger partial charge is 0.0462 e. The zero-order valence-corrected chi connectivity index (χ0v) is 35.9. The number of rotatable bonds is 13. The number of nitrogens with zero attached hydrogens (tertiary/aromatic N) is 2. The van der Waals surface area contributed by atoms with Crippen LogP contribution < -0.4 is 9.80 Å². The van der Waals surface area contributed by atoms with Gasteiger partial charge in [0, 0.05) is 34.1 Å². The maximum Gasteiger partial charge on any atom is 0.0462 e. The molecule has 0 atom stereocenters. The van der Waals surface area contributed by atoms with Crippen molar-refractivity contribution in [3.63, 3.8) is 0 Å². The van der Waals surface area contributed by atoms with Crippen molar-refractivity contribution in [3.05, 3.63) is 260 Å². The molecule has 9 aromatic rings. The Labute approximate surface area is 373 Å². The Balaban J connectivity index is 0.988. The first kappa shape index (κ1) is 40.5. The Morgan fingerprint density at radius 3 is 0.873 bits per heavy atom. The highest BCUT2D eigenvalue weighted by Crippen LogP contribution is 2.40. The molecule has 0 saturated heterocycles. The predicted molar refractivity (Wildman–Crippen MR) is 271 cm³/mol.